The SMILES string of the molecule is CCC(c1nnnn1CCOC)N(Cc1cc2cc3c(cc2[nH]c1=O)OCCO3)C1CCCC1. The predicted molar refractivity (Wildman–Crippen MR) is 126 cm³/mol. The summed E-state index contributed by atoms with van der Waals surface area (Å²) in [5.74, 6) is 2.21. The van der Waals surface area contributed by atoms with Crippen LogP contribution in [0.25, 0.3) is 10.9 Å². The normalized spacial score (nSPS) is 17.0. The first-order chi connectivity index (χ1) is 16.7. The molecule has 10 heteroatoms. The fourth-order valence-corrected chi connectivity index (χ4v) is 5.18. The van der Waals surface area contributed by atoms with Crippen molar-refractivity contribution in [3.05, 3.63) is 39.9 Å². The molecule has 0 saturated heterocycles. The summed E-state index contributed by atoms with van der Waals surface area (Å²) < 4.78 is 18.5. The lowest BCUT2D eigenvalue weighted by molar-refractivity contribution is 0.109. The average molecular weight is 469 g/mol. The predicted octanol–water partition coefficient (Wildman–Crippen LogP) is 2.83. The minimum atomic E-state index is -0.0824. The van der Waals surface area contributed by atoms with Crippen molar-refractivity contribution in [1.82, 2.24) is 30.1 Å². The van der Waals surface area contributed by atoms with Crippen molar-refractivity contribution >= 4 is 10.9 Å². The number of tetrazole rings is 1. The number of H-pyrrole nitrogens is 1. The Morgan fingerprint density at radius 1 is 1.21 bits per heavy atom. The molecule has 1 aromatic carbocycles. The monoisotopic (exact) mass is 468 g/mol. The molecule has 1 N–H and O–H groups in total. The van der Waals surface area contributed by atoms with Gasteiger partial charge in [-0.15, -0.1) is 5.10 Å². The maximum absolute atomic E-state index is 13.1. The van der Waals surface area contributed by atoms with Gasteiger partial charge in [-0.25, -0.2) is 4.68 Å². The lowest BCUT2D eigenvalue weighted by Gasteiger charge is -2.35. The van der Waals surface area contributed by atoms with Crippen molar-refractivity contribution in [2.24, 2.45) is 0 Å². The van der Waals surface area contributed by atoms with Crippen molar-refractivity contribution in [1.29, 1.82) is 0 Å². The van der Waals surface area contributed by atoms with Gasteiger partial charge in [0, 0.05) is 36.7 Å². The number of aromatic amines is 1. The van der Waals surface area contributed by atoms with Crippen molar-refractivity contribution in [2.75, 3.05) is 26.9 Å². The Hall–Kier alpha value is -2.98. The Morgan fingerprint density at radius 2 is 1.97 bits per heavy atom. The number of hydrogen-bond donors (Lipinski definition) is 1. The van der Waals surface area contributed by atoms with Crippen molar-refractivity contribution in [2.45, 2.75) is 64.2 Å². The van der Waals surface area contributed by atoms with E-state index >= 15 is 0 Å². The van der Waals surface area contributed by atoms with E-state index in [1.54, 1.807) is 7.11 Å². The van der Waals surface area contributed by atoms with E-state index in [0.717, 1.165) is 41.6 Å². The first-order valence-electron chi connectivity index (χ1n) is 12.1. The highest BCUT2D eigenvalue weighted by Gasteiger charge is 2.32. The zero-order valence-electron chi connectivity index (χ0n) is 19.8. The van der Waals surface area contributed by atoms with Crippen LogP contribution in [0, 0.1) is 0 Å². The smallest absolute Gasteiger partial charge is 0.252 e. The molecule has 1 fully saturated rings. The average Bonchev–Trinajstić information content (AvgIpc) is 3.54. The molecule has 2 aliphatic rings. The molecule has 1 aliphatic heterocycles. The molecule has 5 rings (SSSR count). The summed E-state index contributed by atoms with van der Waals surface area (Å²) in [5.41, 5.74) is 1.40. The molecule has 1 atom stereocenters. The number of aromatic nitrogens is 5. The summed E-state index contributed by atoms with van der Waals surface area (Å²) >= 11 is 0. The highest BCUT2D eigenvalue weighted by molar-refractivity contribution is 5.83. The van der Waals surface area contributed by atoms with Gasteiger partial charge in [-0.05, 0) is 41.8 Å². The molecule has 1 aliphatic carbocycles. The lowest BCUT2D eigenvalue weighted by atomic mass is 10.0. The minimum Gasteiger partial charge on any atom is -0.486 e. The molecular formula is C24H32N6O4. The van der Waals surface area contributed by atoms with E-state index in [4.69, 9.17) is 14.2 Å². The van der Waals surface area contributed by atoms with Gasteiger partial charge in [0.2, 0.25) is 0 Å². The van der Waals surface area contributed by atoms with E-state index < -0.39 is 0 Å². The number of nitrogens with one attached hydrogen (secondary N) is 1. The number of methoxy groups -OCH3 is 1. The summed E-state index contributed by atoms with van der Waals surface area (Å²) in [6.45, 7) is 4.85. The van der Waals surface area contributed by atoms with Crippen LogP contribution in [0.3, 0.4) is 0 Å². The summed E-state index contributed by atoms with van der Waals surface area (Å²) in [6.07, 6.45) is 5.46. The lowest BCUT2D eigenvalue weighted by Crippen LogP contribution is -2.39. The van der Waals surface area contributed by atoms with Crippen LogP contribution in [-0.2, 0) is 17.8 Å². The van der Waals surface area contributed by atoms with Gasteiger partial charge >= 0.3 is 0 Å². The fourth-order valence-electron chi connectivity index (χ4n) is 5.18. The van der Waals surface area contributed by atoms with Crippen LogP contribution < -0.4 is 15.0 Å². The van der Waals surface area contributed by atoms with Gasteiger partial charge in [-0.2, -0.15) is 0 Å². The minimum absolute atomic E-state index is 0.00493. The van der Waals surface area contributed by atoms with Gasteiger partial charge in [0.15, 0.2) is 17.3 Å². The Balaban J connectivity index is 1.50. The second-order valence-electron chi connectivity index (χ2n) is 8.99. The molecule has 10 nitrogen and oxygen atoms in total. The third-order valence-corrected chi connectivity index (χ3v) is 6.88. The molecule has 34 heavy (non-hydrogen) atoms. The zero-order chi connectivity index (χ0) is 23.5. The Morgan fingerprint density at radius 3 is 2.71 bits per heavy atom. The second-order valence-corrected chi connectivity index (χ2v) is 8.99. The highest BCUT2D eigenvalue weighted by Crippen LogP contribution is 2.35. The topological polar surface area (TPSA) is 107 Å². The van der Waals surface area contributed by atoms with E-state index in [1.165, 1.54) is 12.8 Å². The fraction of sp³-hybridized carbons (Fsp3) is 0.583. The van der Waals surface area contributed by atoms with Gasteiger partial charge in [-0.3, -0.25) is 9.69 Å². The second kappa shape index (κ2) is 10.1. The van der Waals surface area contributed by atoms with E-state index in [9.17, 15) is 4.79 Å². The van der Waals surface area contributed by atoms with E-state index in [0.29, 0.717) is 50.5 Å². The third kappa shape index (κ3) is 4.52. The van der Waals surface area contributed by atoms with Gasteiger partial charge in [0.05, 0.1) is 24.7 Å². The molecule has 0 amide bonds. The van der Waals surface area contributed by atoms with Crippen LogP contribution in [0.2, 0.25) is 0 Å². The molecule has 0 spiro atoms. The summed E-state index contributed by atoms with van der Waals surface area (Å²) in [5, 5.41) is 13.5. The third-order valence-electron chi connectivity index (χ3n) is 6.88. The first kappa shape index (κ1) is 22.8. The molecule has 1 saturated carbocycles. The van der Waals surface area contributed by atoms with Crippen molar-refractivity contribution < 1.29 is 14.2 Å². The number of benzene rings is 1. The van der Waals surface area contributed by atoms with Crippen LogP contribution in [-0.4, -0.2) is 63.1 Å². The molecule has 182 valence electrons. The van der Waals surface area contributed by atoms with E-state index in [1.807, 2.05) is 22.9 Å². The quantitative estimate of drug-likeness (QED) is 0.511. The molecule has 1 unspecified atom stereocenters. The Kier molecular flexibility index (Phi) is 6.77. The molecule has 3 aromatic rings. The van der Waals surface area contributed by atoms with Crippen LogP contribution in [0.5, 0.6) is 11.5 Å². The van der Waals surface area contributed by atoms with Crippen LogP contribution >= 0.6 is 0 Å². The van der Waals surface area contributed by atoms with E-state index in [-0.39, 0.29) is 11.6 Å². The molecule has 2 aromatic heterocycles. The summed E-state index contributed by atoms with van der Waals surface area (Å²) in [7, 11) is 1.67. The van der Waals surface area contributed by atoms with Crippen LogP contribution in [0.4, 0.5) is 0 Å². The maximum Gasteiger partial charge on any atom is 0.252 e. The Bertz CT molecular complexity index is 1190. The number of nitrogens with zero attached hydrogens (tertiary/aromatic N) is 5. The van der Waals surface area contributed by atoms with Crippen molar-refractivity contribution in [3.8, 4) is 11.5 Å². The van der Waals surface area contributed by atoms with Gasteiger partial charge in [0.25, 0.3) is 5.56 Å². The number of hydrogen-bond acceptors (Lipinski definition) is 8. The van der Waals surface area contributed by atoms with Crippen LogP contribution in [0.15, 0.2) is 23.0 Å². The molecular weight excluding hydrogens is 436 g/mol. The summed E-state index contributed by atoms with van der Waals surface area (Å²) in [4.78, 5) is 18.6. The standard InChI is InChI=1S/C24H32N6O4/c1-3-20(23-26-27-28-30(23)8-9-32-2)29(18-6-4-5-7-18)15-17-12-16-13-21-22(34-11-10-33-21)14-19(16)25-24(17)31/h12-14,18,20H,3-11,15H2,1-2H3,(H,25,31). The molecule has 0 bridgehead atoms. The molecule has 0 radical (unpaired) electrons. The largest absolute Gasteiger partial charge is 0.486 e. The molecule has 3 heterocycles. The first-order valence-corrected chi connectivity index (χ1v) is 12.1. The maximum atomic E-state index is 13.1. The van der Waals surface area contributed by atoms with E-state index in [2.05, 4.69) is 32.3 Å². The van der Waals surface area contributed by atoms with Crippen molar-refractivity contribution in [3.63, 3.8) is 0 Å². The van der Waals surface area contributed by atoms with Gasteiger partial charge in [0.1, 0.15) is 13.2 Å². The number of ether oxygens (including phenoxy) is 3. The van der Waals surface area contributed by atoms with Crippen LogP contribution in [0.1, 0.15) is 56.5 Å². The Labute approximate surface area is 198 Å². The number of fused-ring (bicyclic) bond motifs is 2. The number of pyridine rings is 1. The van der Waals surface area contributed by atoms with Gasteiger partial charge < -0.3 is 19.2 Å². The highest BCUT2D eigenvalue weighted by atomic mass is 16.6. The summed E-state index contributed by atoms with van der Waals surface area (Å²) in [6, 6.07) is 6.17. The number of rotatable bonds is 9. The zero-order valence-corrected chi connectivity index (χ0v) is 19.8. The van der Waals surface area contributed by atoms with Gasteiger partial charge in [-0.1, -0.05) is 19.8 Å².